The Morgan fingerprint density at radius 1 is 1.33 bits per heavy atom. The van der Waals surface area contributed by atoms with Gasteiger partial charge >= 0.3 is 5.97 Å². The molecule has 2 N–H and O–H groups in total. The number of fused-ring (bicyclic) bond motifs is 1. The average molecular weight is 547 g/mol. The molecule has 14 heteroatoms. The van der Waals surface area contributed by atoms with Crippen LogP contribution in [0.5, 0.6) is 0 Å². The first kappa shape index (κ1) is 24.3. The van der Waals surface area contributed by atoms with Gasteiger partial charge in [0.05, 0.1) is 10.8 Å². The minimum absolute atomic E-state index is 0.0361. The molecule has 2 aromatic rings. The summed E-state index contributed by atoms with van der Waals surface area (Å²) in [5.74, 6) is -0.870. The molecule has 2 atom stereocenters. The number of amides is 2. The summed E-state index contributed by atoms with van der Waals surface area (Å²) in [6.07, 6.45) is 0. The van der Waals surface area contributed by atoms with Crippen LogP contribution in [0.25, 0.3) is 0 Å². The van der Waals surface area contributed by atoms with Gasteiger partial charge in [-0.15, -0.1) is 33.7 Å². The summed E-state index contributed by atoms with van der Waals surface area (Å²) in [5, 5.41) is 20.9. The van der Waals surface area contributed by atoms with Gasteiger partial charge in [-0.2, -0.15) is 0 Å². The molecule has 174 valence electrons. The monoisotopic (exact) mass is 546 g/mol. The van der Waals surface area contributed by atoms with E-state index < -0.39 is 23.3 Å². The van der Waals surface area contributed by atoms with Crippen LogP contribution in [-0.4, -0.2) is 66.7 Å². The summed E-state index contributed by atoms with van der Waals surface area (Å²) in [5.41, 5.74) is 0.520. The topological polar surface area (TPSA) is 126 Å². The van der Waals surface area contributed by atoms with E-state index in [-0.39, 0.29) is 17.4 Å². The first-order valence-corrected chi connectivity index (χ1v) is 13.2. The zero-order valence-electron chi connectivity index (χ0n) is 16.9. The third kappa shape index (κ3) is 5.29. The molecule has 1 aromatic carbocycles. The number of rotatable bonds is 8. The Bertz CT molecular complexity index is 1160. The molecule has 0 saturated carbocycles. The maximum atomic E-state index is 12.7. The van der Waals surface area contributed by atoms with Crippen molar-refractivity contribution in [3.8, 4) is 0 Å². The summed E-state index contributed by atoms with van der Waals surface area (Å²) in [4.78, 5) is 39.0. The molecule has 0 bridgehead atoms. The molecule has 1 saturated heterocycles. The Morgan fingerprint density at radius 2 is 2.12 bits per heavy atom. The van der Waals surface area contributed by atoms with Crippen molar-refractivity contribution in [2.45, 2.75) is 28.5 Å². The van der Waals surface area contributed by atoms with E-state index >= 15 is 0 Å². The van der Waals surface area contributed by atoms with Crippen molar-refractivity contribution in [3.05, 3.63) is 45.4 Å². The van der Waals surface area contributed by atoms with Crippen LogP contribution in [-0.2, 0) is 14.4 Å². The molecule has 9 nitrogen and oxygen atoms in total. The van der Waals surface area contributed by atoms with Crippen molar-refractivity contribution in [2.24, 2.45) is 0 Å². The third-order valence-electron chi connectivity index (χ3n) is 4.70. The number of aliphatic carboxylic acids is 1. The molecule has 33 heavy (non-hydrogen) atoms. The minimum Gasteiger partial charge on any atom is -0.477 e. The Morgan fingerprint density at radius 3 is 2.82 bits per heavy atom. The van der Waals surface area contributed by atoms with Crippen LogP contribution in [0, 0.1) is 6.92 Å². The average Bonchev–Trinajstić information content (AvgIpc) is 3.20. The van der Waals surface area contributed by atoms with E-state index in [1.54, 1.807) is 25.1 Å². The van der Waals surface area contributed by atoms with Crippen LogP contribution in [0.2, 0.25) is 10.0 Å². The van der Waals surface area contributed by atoms with Crippen LogP contribution >= 0.6 is 58.5 Å². The quantitative estimate of drug-likeness (QED) is 0.376. The van der Waals surface area contributed by atoms with Gasteiger partial charge in [-0.1, -0.05) is 35.0 Å². The summed E-state index contributed by atoms with van der Waals surface area (Å²) in [6.45, 7) is 1.66. The summed E-state index contributed by atoms with van der Waals surface area (Å²) < 4.78 is 5.30. The minimum atomic E-state index is -1.19. The number of hydrogen-bond acceptors (Lipinski definition) is 9. The van der Waals surface area contributed by atoms with Crippen LogP contribution in [0.1, 0.15) is 5.89 Å². The van der Waals surface area contributed by atoms with E-state index in [0.717, 1.165) is 0 Å². The lowest BCUT2D eigenvalue weighted by molar-refractivity contribution is -0.150. The van der Waals surface area contributed by atoms with Crippen LogP contribution in [0.3, 0.4) is 0 Å². The number of halogens is 2. The number of aryl methyl sites for hydroxylation is 1. The number of carboxylic acid groups (broad SMARTS) is 1. The second-order valence-electron chi connectivity index (χ2n) is 6.95. The molecule has 0 aliphatic carbocycles. The second-order valence-corrected chi connectivity index (χ2v) is 10.8. The standard InChI is InChI=1S/C19H16Cl2N4O5S3/c1-8-23-24-19(30-8)33-6-9-5-32-17-14(16(27)25(17)15(9)18(28)29)22-13(26)7-31-12-4-10(20)2-3-11(12)21/h2-4,14,17H,5-7H2,1H3,(H,22,26)(H,28,29)/t14?,17-/m1/s1. The maximum Gasteiger partial charge on any atom is 0.352 e. The van der Waals surface area contributed by atoms with Crippen molar-refractivity contribution in [2.75, 3.05) is 17.3 Å². The highest BCUT2D eigenvalue weighted by atomic mass is 35.5. The summed E-state index contributed by atoms with van der Waals surface area (Å²) in [6, 6.07) is 4.17. The van der Waals surface area contributed by atoms with E-state index in [2.05, 4.69) is 15.5 Å². The molecule has 3 heterocycles. The molecule has 1 unspecified atom stereocenters. The smallest absolute Gasteiger partial charge is 0.352 e. The van der Waals surface area contributed by atoms with E-state index in [0.29, 0.717) is 43.1 Å². The van der Waals surface area contributed by atoms with Crippen molar-refractivity contribution < 1.29 is 23.9 Å². The lowest BCUT2D eigenvalue weighted by Crippen LogP contribution is -2.70. The number of carbonyl (C=O) groups excluding carboxylic acids is 2. The highest BCUT2D eigenvalue weighted by Crippen LogP contribution is 2.41. The van der Waals surface area contributed by atoms with Gasteiger partial charge in [-0.25, -0.2) is 4.79 Å². The van der Waals surface area contributed by atoms with Crippen LogP contribution in [0.4, 0.5) is 0 Å². The zero-order valence-corrected chi connectivity index (χ0v) is 20.9. The number of carbonyl (C=O) groups is 3. The van der Waals surface area contributed by atoms with Gasteiger partial charge in [0.15, 0.2) is 0 Å². The fourth-order valence-electron chi connectivity index (χ4n) is 3.23. The van der Waals surface area contributed by atoms with Gasteiger partial charge in [0.1, 0.15) is 17.1 Å². The first-order chi connectivity index (χ1) is 15.7. The van der Waals surface area contributed by atoms with Crippen molar-refractivity contribution in [1.29, 1.82) is 0 Å². The van der Waals surface area contributed by atoms with Gasteiger partial charge in [-0.3, -0.25) is 14.5 Å². The van der Waals surface area contributed by atoms with Crippen molar-refractivity contribution in [1.82, 2.24) is 20.4 Å². The Labute approximate surface area is 211 Å². The summed E-state index contributed by atoms with van der Waals surface area (Å²) in [7, 11) is 0. The number of nitrogens with zero attached hydrogens (tertiary/aromatic N) is 3. The predicted molar refractivity (Wildman–Crippen MR) is 127 cm³/mol. The van der Waals surface area contributed by atoms with Crippen LogP contribution in [0.15, 0.2) is 44.0 Å². The van der Waals surface area contributed by atoms with Crippen LogP contribution < -0.4 is 5.32 Å². The van der Waals surface area contributed by atoms with Gasteiger partial charge in [0, 0.05) is 28.3 Å². The number of aromatic nitrogens is 2. The van der Waals surface area contributed by atoms with E-state index in [1.165, 1.54) is 40.2 Å². The molecule has 2 aliphatic heterocycles. The fraction of sp³-hybridized carbons (Fsp3) is 0.316. The highest BCUT2D eigenvalue weighted by Gasteiger charge is 2.54. The highest BCUT2D eigenvalue weighted by molar-refractivity contribution is 8.01. The van der Waals surface area contributed by atoms with Gasteiger partial charge < -0.3 is 14.8 Å². The maximum absolute atomic E-state index is 12.7. The molecule has 1 aromatic heterocycles. The zero-order chi connectivity index (χ0) is 23.7. The number of thioether (sulfide) groups is 3. The van der Waals surface area contributed by atoms with E-state index in [9.17, 15) is 19.5 Å². The molecule has 2 amide bonds. The molecule has 2 aliphatic rings. The Balaban J connectivity index is 1.38. The predicted octanol–water partition coefficient (Wildman–Crippen LogP) is 3.31. The summed E-state index contributed by atoms with van der Waals surface area (Å²) >= 11 is 15.9. The molecule has 4 rings (SSSR count). The number of β-lactam (4-membered cyclic amide) rings is 1. The third-order valence-corrected chi connectivity index (χ3v) is 8.67. The molecular formula is C19H16Cl2N4O5S3. The second kappa shape index (κ2) is 10.2. The number of carboxylic acids is 1. The Kier molecular flexibility index (Phi) is 7.49. The number of hydrogen-bond donors (Lipinski definition) is 2. The van der Waals surface area contributed by atoms with E-state index in [1.807, 2.05) is 0 Å². The van der Waals surface area contributed by atoms with Gasteiger partial charge in [0.2, 0.25) is 11.8 Å². The van der Waals surface area contributed by atoms with Gasteiger partial charge in [0.25, 0.3) is 11.1 Å². The fourth-order valence-corrected chi connectivity index (χ4v) is 6.82. The molecule has 0 radical (unpaired) electrons. The Hall–Kier alpha value is -1.86. The molecule has 1 fully saturated rings. The number of nitrogens with one attached hydrogen (secondary N) is 1. The van der Waals surface area contributed by atoms with E-state index in [4.69, 9.17) is 27.6 Å². The first-order valence-electron chi connectivity index (χ1n) is 9.44. The van der Waals surface area contributed by atoms with Gasteiger partial charge in [-0.05, 0) is 23.8 Å². The van der Waals surface area contributed by atoms with Crippen molar-refractivity contribution in [3.63, 3.8) is 0 Å². The lowest BCUT2D eigenvalue weighted by atomic mass is 10.0. The molecular weight excluding hydrogens is 531 g/mol. The largest absolute Gasteiger partial charge is 0.477 e. The SMILES string of the molecule is Cc1nnc(SCC2=C(C(=O)O)N3C(=O)C(NC(=O)CSc4cc(Cl)ccc4Cl)[C@H]3SC2)o1. The number of benzene rings is 1. The van der Waals surface area contributed by atoms with Crippen molar-refractivity contribution >= 4 is 76.3 Å². The molecule has 0 spiro atoms. The normalized spacial score (nSPS) is 19.8. The lowest BCUT2D eigenvalue weighted by Gasteiger charge is -2.49.